The summed E-state index contributed by atoms with van der Waals surface area (Å²) in [6.07, 6.45) is 3.21. The molecule has 0 aromatic heterocycles. The van der Waals surface area contributed by atoms with Gasteiger partial charge < -0.3 is 5.32 Å². The molecule has 0 bridgehead atoms. The number of hydrogen-bond acceptors (Lipinski definition) is 3. The fourth-order valence-electron chi connectivity index (χ4n) is 2.41. The van der Waals surface area contributed by atoms with E-state index >= 15 is 0 Å². The van der Waals surface area contributed by atoms with Gasteiger partial charge in [0.05, 0.1) is 0 Å². The van der Waals surface area contributed by atoms with Crippen molar-refractivity contribution in [3.8, 4) is 0 Å². The molecule has 0 radical (unpaired) electrons. The lowest BCUT2D eigenvalue weighted by Crippen LogP contribution is -2.40. The molecule has 2 rings (SSSR count). The van der Waals surface area contributed by atoms with Gasteiger partial charge >= 0.3 is 0 Å². The monoisotopic (exact) mass is 300 g/mol. The second kappa shape index (κ2) is 6.20. The predicted molar refractivity (Wildman–Crippen MR) is 76.3 cm³/mol. The van der Waals surface area contributed by atoms with E-state index in [1.165, 1.54) is 12.1 Å². The Morgan fingerprint density at radius 3 is 2.65 bits per heavy atom. The van der Waals surface area contributed by atoms with Crippen molar-refractivity contribution < 1.29 is 12.8 Å². The van der Waals surface area contributed by atoms with Gasteiger partial charge in [-0.15, -0.1) is 0 Å². The average Bonchev–Trinajstić information content (AvgIpc) is 2.28. The molecule has 1 aliphatic carbocycles. The van der Waals surface area contributed by atoms with Gasteiger partial charge in [0.1, 0.15) is 10.7 Å². The fraction of sp³-hybridized carbons (Fsp3) is 0.571. The zero-order valence-electron chi connectivity index (χ0n) is 11.8. The standard InChI is InChI=1S/C14H21FN2O2S/c1-10(12-4-3-5-12)17-20(18,19)14-8-11(9-16-2)6-7-13(14)15/h6-8,10,12,16-17H,3-5,9H2,1-2H3. The van der Waals surface area contributed by atoms with Crippen molar-refractivity contribution in [2.45, 2.75) is 43.7 Å². The maximum absolute atomic E-state index is 13.8. The summed E-state index contributed by atoms with van der Waals surface area (Å²) in [6.45, 7) is 2.34. The Labute approximate surface area is 119 Å². The van der Waals surface area contributed by atoms with E-state index in [9.17, 15) is 12.8 Å². The van der Waals surface area contributed by atoms with Crippen LogP contribution in [-0.2, 0) is 16.6 Å². The van der Waals surface area contributed by atoms with Crippen molar-refractivity contribution in [1.29, 1.82) is 0 Å². The molecule has 20 heavy (non-hydrogen) atoms. The number of hydrogen-bond donors (Lipinski definition) is 2. The maximum Gasteiger partial charge on any atom is 0.243 e. The minimum absolute atomic E-state index is 0.152. The Balaban J connectivity index is 2.21. The topological polar surface area (TPSA) is 58.2 Å². The van der Waals surface area contributed by atoms with Crippen molar-refractivity contribution in [2.24, 2.45) is 5.92 Å². The fourth-order valence-corrected chi connectivity index (χ4v) is 3.85. The quantitative estimate of drug-likeness (QED) is 0.845. The van der Waals surface area contributed by atoms with Gasteiger partial charge in [-0.2, -0.15) is 0 Å². The Kier molecular flexibility index (Phi) is 4.78. The lowest BCUT2D eigenvalue weighted by atomic mass is 9.81. The van der Waals surface area contributed by atoms with Gasteiger partial charge in [-0.1, -0.05) is 12.5 Å². The van der Waals surface area contributed by atoms with E-state index in [2.05, 4.69) is 10.0 Å². The third-order valence-electron chi connectivity index (χ3n) is 3.86. The first-order valence-corrected chi connectivity index (χ1v) is 8.37. The summed E-state index contributed by atoms with van der Waals surface area (Å²) in [7, 11) is -2.05. The van der Waals surface area contributed by atoms with Crippen LogP contribution in [0.2, 0.25) is 0 Å². The zero-order chi connectivity index (χ0) is 14.8. The van der Waals surface area contributed by atoms with E-state index in [1.54, 1.807) is 13.1 Å². The van der Waals surface area contributed by atoms with Gasteiger partial charge in [-0.05, 0) is 50.4 Å². The minimum Gasteiger partial charge on any atom is -0.316 e. The molecule has 0 aliphatic heterocycles. The number of nitrogens with one attached hydrogen (secondary N) is 2. The van der Waals surface area contributed by atoms with Crippen LogP contribution in [0.15, 0.2) is 23.1 Å². The number of rotatable bonds is 6. The lowest BCUT2D eigenvalue weighted by molar-refractivity contribution is 0.260. The van der Waals surface area contributed by atoms with Crippen LogP contribution in [0, 0.1) is 11.7 Å². The second-order valence-electron chi connectivity index (χ2n) is 5.40. The zero-order valence-corrected chi connectivity index (χ0v) is 12.6. The Morgan fingerprint density at radius 2 is 2.10 bits per heavy atom. The summed E-state index contributed by atoms with van der Waals surface area (Å²) in [5.74, 6) is -0.341. The van der Waals surface area contributed by atoms with Crippen LogP contribution in [0.4, 0.5) is 4.39 Å². The highest BCUT2D eigenvalue weighted by Gasteiger charge is 2.29. The lowest BCUT2D eigenvalue weighted by Gasteiger charge is -2.31. The van der Waals surface area contributed by atoms with Crippen LogP contribution in [0.1, 0.15) is 31.7 Å². The van der Waals surface area contributed by atoms with Gasteiger partial charge in [0.2, 0.25) is 10.0 Å². The Hall–Kier alpha value is -0.980. The number of benzene rings is 1. The van der Waals surface area contributed by atoms with Gasteiger partial charge in [0.15, 0.2) is 0 Å². The first-order valence-electron chi connectivity index (χ1n) is 6.89. The third-order valence-corrected chi connectivity index (χ3v) is 5.44. The summed E-state index contributed by atoms with van der Waals surface area (Å²) >= 11 is 0. The highest BCUT2D eigenvalue weighted by molar-refractivity contribution is 7.89. The molecule has 1 saturated carbocycles. The molecule has 1 fully saturated rings. The second-order valence-corrected chi connectivity index (χ2v) is 7.08. The van der Waals surface area contributed by atoms with Crippen LogP contribution >= 0.6 is 0 Å². The van der Waals surface area contributed by atoms with Crippen molar-refractivity contribution in [3.05, 3.63) is 29.6 Å². The third kappa shape index (κ3) is 3.37. The van der Waals surface area contributed by atoms with E-state index in [-0.39, 0.29) is 10.9 Å². The smallest absolute Gasteiger partial charge is 0.243 e. The normalized spacial score (nSPS) is 17.8. The summed E-state index contributed by atoms with van der Waals surface area (Å²) in [4.78, 5) is -0.267. The van der Waals surface area contributed by atoms with Crippen molar-refractivity contribution in [3.63, 3.8) is 0 Å². The number of sulfonamides is 1. The van der Waals surface area contributed by atoms with E-state index in [1.807, 2.05) is 6.92 Å². The van der Waals surface area contributed by atoms with Gasteiger partial charge in [0, 0.05) is 12.6 Å². The first kappa shape index (κ1) is 15.4. The molecular weight excluding hydrogens is 279 g/mol. The SMILES string of the molecule is CNCc1ccc(F)c(S(=O)(=O)NC(C)C2CCC2)c1. The summed E-state index contributed by atoms with van der Waals surface area (Å²) in [5.41, 5.74) is 0.741. The highest BCUT2D eigenvalue weighted by Crippen LogP contribution is 2.30. The summed E-state index contributed by atoms with van der Waals surface area (Å²) in [6, 6.07) is 4.03. The predicted octanol–water partition coefficient (Wildman–Crippen LogP) is 2.01. The molecule has 1 aromatic carbocycles. The molecule has 0 amide bonds. The minimum atomic E-state index is -3.81. The van der Waals surface area contributed by atoms with Gasteiger partial charge in [-0.25, -0.2) is 17.5 Å². The first-order chi connectivity index (χ1) is 9.44. The molecule has 1 unspecified atom stereocenters. The molecule has 0 heterocycles. The summed E-state index contributed by atoms with van der Waals surface area (Å²) < 4.78 is 41.0. The largest absolute Gasteiger partial charge is 0.316 e. The molecular formula is C14H21FN2O2S. The van der Waals surface area contributed by atoms with Crippen molar-refractivity contribution >= 4 is 10.0 Å². The molecule has 1 atom stereocenters. The van der Waals surface area contributed by atoms with Gasteiger partial charge in [0.25, 0.3) is 0 Å². The van der Waals surface area contributed by atoms with Crippen LogP contribution in [0.5, 0.6) is 0 Å². The van der Waals surface area contributed by atoms with E-state index in [0.29, 0.717) is 12.5 Å². The average molecular weight is 300 g/mol. The molecule has 4 nitrogen and oxygen atoms in total. The molecule has 112 valence electrons. The molecule has 6 heteroatoms. The Bertz CT molecular complexity index is 571. The van der Waals surface area contributed by atoms with Gasteiger partial charge in [-0.3, -0.25) is 0 Å². The van der Waals surface area contributed by atoms with E-state index in [4.69, 9.17) is 0 Å². The Morgan fingerprint density at radius 1 is 1.40 bits per heavy atom. The maximum atomic E-state index is 13.8. The molecule has 2 N–H and O–H groups in total. The molecule has 0 spiro atoms. The van der Waals surface area contributed by atoms with Crippen molar-refractivity contribution in [2.75, 3.05) is 7.05 Å². The van der Waals surface area contributed by atoms with Crippen LogP contribution < -0.4 is 10.0 Å². The molecule has 1 aliphatic rings. The molecule has 0 saturated heterocycles. The summed E-state index contributed by atoms with van der Waals surface area (Å²) in [5, 5.41) is 2.92. The van der Waals surface area contributed by atoms with E-state index in [0.717, 1.165) is 24.8 Å². The highest BCUT2D eigenvalue weighted by atomic mass is 32.2. The number of halogens is 1. The van der Waals surface area contributed by atoms with Crippen LogP contribution in [0.25, 0.3) is 0 Å². The van der Waals surface area contributed by atoms with E-state index < -0.39 is 15.8 Å². The van der Waals surface area contributed by atoms with Crippen LogP contribution in [0.3, 0.4) is 0 Å². The molecule has 1 aromatic rings. The van der Waals surface area contributed by atoms with Crippen molar-refractivity contribution in [1.82, 2.24) is 10.0 Å². The van der Waals surface area contributed by atoms with Crippen LogP contribution in [-0.4, -0.2) is 21.5 Å².